The number of benzene rings is 15. The fourth-order valence-electron chi connectivity index (χ4n) is 17.2. The Morgan fingerprint density at radius 1 is 0.295 bits per heavy atom. The number of furan rings is 3. The van der Waals surface area contributed by atoms with Crippen LogP contribution >= 0.6 is 11.3 Å². The lowest BCUT2D eigenvalue weighted by atomic mass is 9.95. The number of hydrogen-bond donors (Lipinski definition) is 0. The molecule has 0 bridgehead atoms. The van der Waals surface area contributed by atoms with E-state index in [1.54, 1.807) is 17.7 Å². The quantitative estimate of drug-likeness (QED) is 0.149. The summed E-state index contributed by atoms with van der Waals surface area (Å²) in [4.78, 5) is 15.1. The maximum absolute atomic E-state index is 7.02. The van der Waals surface area contributed by atoms with Crippen LogP contribution in [0.2, 0.25) is 0 Å². The molecular formula is C93H51N7O4S. The summed E-state index contributed by atoms with van der Waals surface area (Å²) in [7, 11) is 0. The van der Waals surface area contributed by atoms with Gasteiger partial charge >= 0.3 is 0 Å². The van der Waals surface area contributed by atoms with Gasteiger partial charge in [-0.2, -0.15) is 0 Å². The fourth-order valence-corrected chi connectivity index (χ4v) is 18.0. The number of aromatic nitrogens is 7. The lowest BCUT2D eigenvalue weighted by Crippen LogP contribution is -1.97. The molecule has 0 aliphatic heterocycles. The molecule has 0 fully saturated rings. The standard InChI is InChI=1S/C93H51N7O4S/c1-2-15-52(16-3-1)57-43-78(86-83(45-57)101-50-95-86)100-75-25-10-5-23-69(75)85-70(48-72-64-22-8-13-28-82(64)104-93(72)90(85)100)54-31-29-53(30-32-54)58-44-79(87-84(46-58)105-51-96-87)99-76-39-33-56(42-71(76)66-36-38-68-63-21-7-12-27-81(63)103-92(68)89(66)99)55-17-14-18-59(41-55)97-49-94-73-47-60(34-40-77(73)97)98-74-24-9-4-19-61(74)65-35-37-67-62-20-6-11-26-80(62)102-91(67)88(65)98/h1-51H. The molecule has 9 aromatic heterocycles. The normalized spacial score (nSPS) is 12.4. The molecule has 24 rings (SSSR count). The summed E-state index contributed by atoms with van der Waals surface area (Å²) in [5.74, 6) is 0. The van der Waals surface area contributed by atoms with E-state index in [2.05, 4.69) is 279 Å². The van der Waals surface area contributed by atoms with Gasteiger partial charge in [-0.05, 0) is 160 Å². The van der Waals surface area contributed by atoms with Crippen LogP contribution in [0.1, 0.15) is 0 Å². The second kappa shape index (κ2) is 21.3. The van der Waals surface area contributed by atoms with Crippen molar-refractivity contribution in [3.8, 4) is 67.3 Å². The van der Waals surface area contributed by atoms with Crippen LogP contribution in [0.15, 0.2) is 327 Å². The minimum absolute atomic E-state index is 0.706. The summed E-state index contributed by atoms with van der Waals surface area (Å²) in [6.07, 6.45) is 3.49. The van der Waals surface area contributed by atoms with E-state index in [0.717, 1.165) is 220 Å². The Bertz CT molecular complexity index is 7860. The van der Waals surface area contributed by atoms with Crippen molar-refractivity contribution in [1.82, 2.24) is 33.2 Å². The number of oxazole rings is 1. The maximum atomic E-state index is 7.02. The SMILES string of the molecule is c1ccc(-c2cc(-n3c4ccccc4c4c(-c5ccc(-c6cc(-n7c8ccc(-c9cccc(-n%10cnc%11cc(-n%12c%13ccccc%13c%13ccc%14c%15ccccc%15oc%14c%13%12)ccc%11%10)c9)cc8c8ccc9c%10ccccc%10oc9c87)c7ncsc7c6)cc5)cc5c6ccccc6oc5c43)c3ncoc3c2)cc1. The van der Waals surface area contributed by atoms with Crippen molar-refractivity contribution in [2.45, 2.75) is 0 Å². The molecule has 0 atom stereocenters. The number of thiazole rings is 1. The van der Waals surface area contributed by atoms with Crippen molar-refractivity contribution in [3.63, 3.8) is 0 Å². The van der Waals surface area contributed by atoms with Crippen molar-refractivity contribution in [2.24, 2.45) is 0 Å². The first-order valence-corrected chi connectivity index (χ1v) is 36.0. The summed E-state index contributed by atoms with van der Waals surface area (Å²) in [5, 5.41) is 13.1. The molecule has 0 saturated heterocycles. The van der Waals surface area contributed by atoms with Crippen LogP contribution in [0, 0.1) is 0 Å². The second-order valence-corrected chi connectivity index (χ2v) is 28.3. The van der Waals surface area contributed by atoms with E-state index in [9.17, 15) is 0 Å². The van der Waals surface area contributed by atoms with Gasteiger partial charge in [0.15, 0.2) is 28.7 Å². The van der Waals surface area contributed by atoms with Crippen molar-refractivity contribution in [1.29, 1.82) is 0 Å². The van der Waals surface area contributed by atoms with Gasteiger partial charge in [0, 0.05) is 76.0 Å². The van der Waals surface area contributed by atoms with Crippen LogP contribution in [0.25, 0.3) is 231 Å². The van der Waals surface area contributed by atoms with Gasteiger partial charge in [0.1, 0.15) is 34.1 Å². The van der Waals surface area contributed by atoms with E-state index in [-0.39, 0.29) is 0 Å². The molecule has 0 N–H and O–H groups in total. The van der Waals surface area contributed by atoms with Crippen LogP contribution in [0.3, 0.4) is 0 Å². The van der Waals surface area contributed by atoms with Gasteiger partial charge in [-0.1, -0.05) is 176 Å². The highest BCUT2D eigenvalue weighted by atomic mass is 32.1. The molecule has 0 unspecified atom stereocenters. The molecule has 0 spiro atoms. The molecule has 0 saturated carbocycles. The van der Waals surface area contributed by atoms with E-state index < -0.39 is 0 Å². The zero-order chi connectivity index (χ0) is 68.3. The molecule has 24 aromatic rings. The molecule has 12 heteroatoms. The first-order valence-electron chi connectivity index (χ1n) is 35.1. The van der Waals surface area contributed by atoms with E-state index >= 15 is 0 Å². The predicted molar refractivity (Wildman–Crippen MR) is 428 cm³/mol. The van der Waals surface area contributed by atoms with E-state index in [0.29, 0.717) is 5.58 Å². The monoisotopic (exact) mass is 1360 g/mol. The minimum atomic E-state index is 0.706. The van der Waals surface area contributed by atoms with Crippen molar-refractivity contribution >= 4 is 175 Å². The zero-order valence-corrected chi connectivity index (χ0v) is 56.4. The Labute approximate surface area is 598 Å². The summed E-state index contributed by atoms with van der Waals surface area (Å²) in [6, 6.07) is 104. The Kier molecular flexibility index (Phi) is 11.5. The average Bonchev–Trinajstić information content (AvgIpc) is 1.55. The van der Waals surface area contributed by atoms with Gasteiger partial charge in [-0.3, -0.25) is 4.57 Å². The van der Waals surface area contributed by atoms with Crippen LogP contribution in [0.4, 0.5) is 0 Å². The number of nitrogens with zero attached hydrogens (tertiary/aromatic N) is 7. The Balaban J connectivity index is 0.641. The zero-order valence-electron chi connectivity index (χ0n) is 55.6. The predicted octanol–water partition coefficient (Wildman–Crippen LogP) is 25.4. The lowest BCUT2D eigenvalue weighted by Gasteiger charge is -2.13. The molecule has 488 valence electrons. The minimum Gasteiger partial charge on any atom is -0.454 e. The highest BCUT2D eigenvalue weighted by Crippen LogP contribution is 2.50. The maximum Gasteiger partial charge on any atom is 0.182 e. The third-order valence-electron chi connectivity index (χ3n) is 21.9. The Morgan fingerprint density at radius 3 is 1.60 bits per heavy atom. The number of imidazole rings is 1. The average molecular weight is 1360 g/mol. The molecule has 105 heavy (non-hydrogen) atoms. The fraction of sp³-hybridized carbons (Fsp3) is 0. The van der Waals surface area contributed by atoms with Crippen molar-refractivity contribution in [3.05, 3.63) is 309 Å². The Hall–Kier alpha value is -14.1. The van der Waals surface area contributed by atoms with Crippen molar-refractivity contribution in [2.75, 3.05) is 0 Å². The van der Waals surface area contributed by atoms with Gasteiger partial charge in [-0.15, -0.1) is 11.3 Å². The molecule has 0 radical (unpaired) electrons. The highest BCUT2D eigenvalue weighted by molar-refractivity contribution is 7.16. The number of rotatable bonds is 8. The first-order chi connectivity index (χ1) is 52.0. The molecular weight excluding hydrogens is 1310 g/mol. The van der Waals surface area contributed by atoms with E-state index in [1.807, 2.05) is 42.2 Å². The van der Waals surface area contributed by atoms with Crippen LogP contribution < -0.4 is 0 Å². The molecule has 9 heterocycles. The summed E-state index contributed by atoms with van der Waals surface area (Å²) in [5.41, 5.74) is 30.0. The third kappa shape index (κ3) is 8.05. The first kappa shape index (κ1) is 56.7. The van der Waals surface area contributed by atoms with Gasteiger partial charge < -0.3 is 31.4 Å². The smallest absolute Gasteiger partial charge is 0.182 e. The van der Waals surface area contributed by atoms with E-state index in [1.165, 1.54) is 5.39 Å². The second-order valence-electron chi connectivity index (χ2n) is 27.4. The van der Waals surface area contributed by atoms with Crippen molar-refractivity contribution < 1.29 is 17.7 Å². The van der Waals surface area contributed by atoms with Gasteiger partial charge in [0.25, 0.3) is 0 Å². The lowest BCUT2D eigenvalue weighted by molar-refractivity contribution is 0.602. The molecule has 15 aromatic carbocycles. The summed E-state index contributed by atoms with van der Waals surface area (Å²) >= 11 is 1.65. The van der Waals surface area contributed by atoms with Gasteiger partial charge in [0.05, 0.1) is 65.7 Å². The number of fused-ring (bicyclic) bond motifs is 24. The summed E-state index contributed by atoms with van der Waals surface area (Å²) < 4.78 is 37.2. The largest absolute Gasteiger partial charge is 0.454 e. The van der Waals surface area contributed by atoms with Crippen LogP contribution in [-0.4, -0.2) is 33.2 Å². The van der Waals surface area contributed by atoms with E-state index in [4.69, 9.17) is 32.6 Å². The highest BCUT2D eigenvalue weighted by Gasteiger charge is 2.28. The van der Waals surface area contributed by atoms with Gasteiger partial charge in [-0.25, -0.2) is 15.0 Å². The van der Waals surface area contributed by atoms with Crippen LogP contribution in [-0.2, 0) is 0 Å². The topological polar surface area (TPSA) is 111 Å². The Morgan fingerprint density at radius 2 is 0.848 bits per heavy atom. The molecule has 0 amide bonds. The third-order valence-corrected chi connectivity index (χ3v) is 22.7. The number of hydrogen-bond acceptors (Lipinski definition) is 8. The molecule has 0 aliphatic rings. The number of para-hydroxylation sites is 5. The summed E-state index contributed by atoms with van der Waals surface area (Å²) in [6.45, 7) is 0. The van der Waals surface area contributed by atoms with Gasteiger partial charge in [0.2, 0.25) is 0 Å². The van der Waals surface area contributed by atoms with Crippen LogP contribution in [0.5, 0.6) is 0 Å². The molecule has 11 nitrogen and oxygen atoms in total. The molecule has 0 aliphatic carbocycles.